The Morgan fingerprint density at radius 1 is 1.46 bits per heavy atom. The monoisotopic (exact) mass is 196 g/mol. The summed E-state index contributed by atoms with van der Waals surface area (Å²) in [6.45, 7) is 1.99. The van der Waals surface area contributed by atoms with Crippen LogP contribution < -0.4 is 0 Å². The van der Waals surface area contributed by atoms with Gasteiger partial charge in [-0.05, 0) is 18.1 Å². The van der Waals surface area contributed by atoms with Crippen molar-refractivity contribution in [3.8, 4) is 5.75 Å². The molecule has 0 fully saturated rings. The normalized spacial score (nSPS) is 10.9. The number of fused-ring (bicyclic) bond motifs is 1. The van der Waals surface area contributed by atoms with E-state index in [1.807, 2.05) is 25.1 Å². The molecule has 1 nitrogen and oxygen atoms in total. The number of aromatic hydroxyl groups is 1. The maximum Gasteiger partial charge on any atom is 0.219 e. The number of rotatable bonds is 1. The van der Waals surface area contributed by atoms with Crippen LogP contribution in [0.1, 0.15) is 12.5 Å². The number of benzene rings is 1. The summed E-state index contributed by atoms with van der Waals surface area (Å²) in [6.07, 6.45) is 0.807. The number of thiophene rings is 1. The zero-order valence-electron chi connectivity index (χ0n) is 7.17. The Morgan fingerprint density at radius 2 is 2.23 bits per heavy atom. The third-order valence-electron chi connectivity index (χ3n) is 2.12. The molecule has 0 bridgehead atoms. The van der Waals surface area contributed by atoms with E-state index in [0.29, 0.717) is 5.39 Å². The highest BCUT2D eigenvalue weighted by molar-refractivity contribution is 7.17. The molecule has 13 heavy (non-hydrogen) atoms. The Morgan fingerprint density at radius 3 is 2.92 bits per heavy atom. The van der Waals surface area contributed by atoms with Crippen molar-refractivity contribution in [1.29, 1.82) is 0 Å². The maximum atomic E-state index is 13.0. The molecule has 1 heterocycles. The Balaban J connectivity index is 2.87. The van der Waals surface area contributed by atoms with Gasteiger partial charge in [-0.15, -0.1) is 11.3 Å². The van der Waals surface area contributed by atoms with E-state index >= 15 is 0 Å². The lowest BCUT2D eigenvalue weighted by atomic mass is 10.1. The second-order valence-corrected chi connectivity index (χ2v) is 3.87. The highest BCUT2D eigenvalue weighted by Gasteiger charge is 2.12. The topological polar surface area (TPSA) is 20.2 Å². The van der Waals surface area contributed by atoms with Gasteiger partial charge in [0.05, 0.1) is 0 Å². The molecule has 68 valence electrons. The number of hydrogen-bond acceptors (Lipinski definition) is 2. The average Bonchev–Trinajstić information content (AvgIpc) is 2.43. The molecule has 0 unspecified atom stereocenters. The van der Waals surface area contributed by atoms with Crippen molar-refractivity contribution in [2.45, 2.75) is 13.3 Å². The van der Waals surface area contributed by atoms with Crippen LogP contribution in [0.2, 0.25) is 0 Å². The lowest BCUT2D eigenvalue weighted by Crippen LogP contribution is -1.79. The molecule has 0 aliphatic heterocycles. The molecule has 0 aliphatic rings. The molecule has 0 amide bonds. The minimum Gasteiger partial charge on any atom is -0.504 e. The molecule has 2 aromatic rings. The quantitative estimate of drug-likeness (QED) is 0.741. The molecule has 0 saturated heterocycles. The summed E-state index contributed by atoms with van der Waals surface area (Å²) in [5, 5.41) is 9.63. The van der Waals surface area contributed by atoms with Crippen molar-refractivity contribution in [3.05, 3.63) is 28.9 Å². The molecule has 0 spiro atoms. The lowest BCUT2D eigenvalue weighted by molar-refractivity contribution is 0.447. The van der Waals surface area contributed by atoms with E-state index in [0.717, 1.165) is 28.0 Å². The molecular weight excluding hydrogens is 187 g/mol. The van der Waals surface area contributed by atoms with Crippen molar-refractivity contribution in [2.24, 2.45) is 0 Å². The molecule has 0 radical (unpaired) electrons. The lowest BCUT2D eigenvalue weighted by Gasteiger charge is -1.98. The standard InChI is InChI=1S/C10H9FOS/c1-2-6-4-3-5-7-8(6)9(12)10(11)13-7/h3-5,12H,2H2,1H3. The van der Waals surface area contributed by atoms with E-state index in [2.05, 4.69) is 0 Å². The van der Waals surface area contributed by atoms with Crippen LogP contribution in [0.4, 0.5) is 4.39 Å². The minimum absolute atomic E-state index is 0.197. The van der Waals surface area contributed by atoms with Crippen molar-refractivity contribution >= 4 is 21.4 Å². The molecule has 0 aliphatic carbocycles. The van der Waals surface area contributed by atoms with Gasteiger partial charge in [0.15, 0.2) is 5.75 Å². The second kappa shape index (κ2) is 3.00. The number of hydrogen-bond donors (Lipinski definition) is 1. The highest BCUT2D eigenvalue weighted by Crippen LogP contribution is 2.37. The van der Waals surface area contributed by atoms with E-state index in [1.165, 1.54) is 0 Å². The molecule has 0 saturated carbocycles. The summed E-state index contributed by atoms with van der Waals surface area (Å²) < 4.78 is 13.8. The predicted molar refractivity (Wildman–Crippen MR) is 52.8 cm³/mol. The van der Waals surface area contributed by atoms with E-state index in [4.69, 9.17) is 0 Å². The Hall–Kier alpha value is -1.09. The zero-order chi connectivity index (χ0) is 9.42. The maximum absolute atomic E-state index is 13.0. The first-order valence-electron chi connectivity index (χ1n) is 4.13. The van der Waals surface area contributed by atoms with Crippen LogP contribution in [0.25, 0.3) is 10.1 Å². The molecular formula is C10H9FOS. The van der Waals surface area contributed by atoms with Gasteiger partial charge in [0.25, 0.3) is 0 Å². The summed E-state index contributed by atoms with van der Waals surface area (Å²) in [5.74, 6) is -0.197. The fourth-order valence-corrected chi connectivity index (χ4v) is 2.34. The van der Waals surface area contributed by atoms with Crippen LogP contribution in [0, 0.1) is 5.13 Å². The van der Waals surface area contributed by atoms with Gasteiger partial charge in [-0.2, -0.15) is 4.39 Å². The molecule has 0 atom stereocenters. The van der Waals surface area contributed by atoms with Gasteiger partial charge in [-0.25, -0.2) is 0 Å². The van der Waals surface area contributed by atoms with Gasteiger partial charge in [0.2, 0.25) is 5.13 Å². The predicted octanol–water partition coefficient (Wildman–Crippen LogP) is 3.31. The smallest absolute Gasteiger partial charge is 0.219 e. The summed E-state index contributed by atoms with van der Waals surface area (Å²) in [5.41, 5.74) is 0.996. The largest absolute Gasteiger partial charge is 0.504 e. The van der Waals surface area contributed by atoms with Crippen molar-refractivity contribution in [1.82, 2.24) is 0 Å². The Labute approximate surface area is 79.4 Å². The molecule has 1 N–H and O–H groups in total. The zero-order valence-corrected chi connectivity index (χ0v) is 7.99. The highest BCUT2D eigenvalue weighted by atomic mass is 32.1. The fraction of sp³-hybridized carbons (Fsp3) is 0.200. The van der Waals surface area contributed by atoms with E-state index < -0.39 is 5.13 Å². The third kappa shape index (κ3) is 1.20. The van der Waals surface area contributed by atoms with Gasteiger partial charge in [-0.1, -0.05) is 19.1 Å². The van der Waals surface area contributed by atoms with Gasteiger partial charge < -0.3 is 5.11 Å². The molecule has 1 aromatic heterocycles. The molecule has 1 aromatic carbocycles. The molecule has 2 rings (SSSR count). The first-order chi connectivity index (χ1) is 6.24. The van der Waals surface area contributed by atoms with Crippen LogP contribution in [-0.4, -0.2) is 5.11 Å². The van der Waals surface area contributed by atoms with Gasteiger partial charge >= 0.3 is 0 Å². The summed E-state index contributed by atoms with van der Waals surface area (Å²) in [4.78, 5) is 0. The van der Waals surface area contributed by atoms with Crippen molar-refractivity contribution in [3.63, 3.8) is 0 Å². The van der Waals surface area contributed by atoms with Crippen LogP contribution >= 0.6 is 11.3 Å². The summed E-state index contributed by atoms with van der Waals surface area (Å²) in [7, 11) is 0. The van der Waals surface area contributed by atoms with Crippen molar-refractivity contribution in [2.75, 3.05) is 0 Å². The third-order valence-corrected chi connectivity index (χ3v) is 3.05. The van der Waals surface area contributed by atoms with E-state index in [-0.39, 0.29) is 5.75 Å². The van der Waals surface area contributed by atoms with Gasteiger partial charge in [0.1, 0.15) is 0 Å². The Bertz CT molecular complexity index is 447. The van der Waals surface area contributed by atoms with Crippen LogP contribution in [0.15, 0.2) is 18.2 Å². The van der Waals surface area contributed by atoms with Gasteiger partial charge in [-0.3, -0.25) is 0 Å². The fourth-order valence-electron chi connectivity index (χ4n) is 1.47. The van der Waals surface area contributed by atoms with Gasteiger partial charge in [0, 0.05) is 10.1 Å². The minimum atomic E-state index is -0.490. The summed E-state index contributed by atoms with van der Waals surface area (Å²) >= 11 is 0.992. The number of aryl methyl sites for hydroxylation is 1. The van der Waals surface area contributed by atoms with Crippen molar-refractivity contribution < 1.29 is 9.50 Å². The first kappa shape index (κ1) is 8.51. The number of halogens is 1. The Kier molecular flexibility index (Phi) is 1.96. The molecule has 3 heteroatoms. The SMILES string of the molecule is CCc1cccc2sc(F)c(O)c12. The first-order valence-corrected chi connectivity index (χ1v) is 4.94. The van der Waals surface area contributed by atoms with E-state index in [9.17, 15) is 9.50 Å². The van der Waals surface area contributed by atoms with Crippen LogP contribution in [0.3, 0.4) is 0 Å². The second-order valence-electron chi connectivity index (χ2n) is 2.87. The summed E-state index contributed by atoms with van der Waals surface area (Å²) in [6, 6.07) is 5.62. The van der Waals surface area contributed by atoms with Crippen LogP contribution in [0.5, 0.6) is 5.75 Å². The van der Waals surface area contributed by atoms with E-state index in [1.54, 1.807) is 0 Å². The van der Waals surface area contributed by atoms with Crippen LogP contribution in [-0.2, 0) is 6.42 Å². The average molecular weight is 196 g/mol.